The van der Waals surface area contributed by atoms with Crippen LogP contribution >= 0.6 is 39.5 Å². The summed E-state index contributed by atoms with van der Waals surface area (Å²) in [4.78, 5) is 16.4. The molecule has 102 valence electrons. The maximum atomic E-state index is 12.5. The lowest BCUT2D eigenvalue weighted by molar-refractivity contribution is 0.412. The zero-order chi connectivity index (χ0) is 14.3. The number of H-pyrrole nitrogens is 1. The Hall–Kier alpha value is -1.44. The summed E-state index contributed by atoms with van der Waals surface area (Å²) >= 11 is 10.1. The number of methoxy groups -OCH3 is 1. The zero-order valence-corrected chi connectivity index (χ0v) is 13.6. The maximum absolute atomic E-state index is 12.5. The number of halogens is 1. The van der Waals surface area contributed by atoms with Crippen molar-refractivity contribution in [2.75, 3.05) is 7.11 Å². The number of aromatic nitrogens is 2. The number of nitrogens with one attached hydrogen (secondary N) is 1. The average Bonchev–Trinajstić information content (AvgIpc) is 2.89. The lowest BCUT2D eigenvalue weighted by Crippen LogP contribution is -2.19. The van der Waals surface area contributed by atoms with Crippen LogP contribution in [-0.4, -0.2) is 16.7 Å². The summed E-state index contributed by atoms with van der Waals surface area (Å²) in [7, 11) is 1.58. The van der Waals surface area contributed by atoms with Gasteiger partial charge in [0.05, 0.1) is 22.7 Å². The molecule has 1 aromatic carbocycles. The Morgan fingerprint density at radius 1 is 1.40 bits per heavy atom. The van der Waals surface area contributed by atoms with Crippen LogP contribution in [0.15, 0.2) is 38.9 Å². The van der Waals surface area contributed by atoms with Crippen molar-refractivity contribution in [1.82, 2.24) is 9.55 Å². The summed E-state index contributed by atoms with van der Waals surface area (Å²) in [6.07, 6.45) is 0. The first kappa shape index (κ1) is 13.5. The van der Waals surface area contributed by atoms with Crippen molar-refractivity contribution in [3.63, 3.8) is 0 Å². The van der Waals surface area contributed by atoms with E-state index in [1.165, 1.54) is 15.9 Å². The molecule has 0 bridgehead atoms. The molecule has 3 aromatic rings. The maximum Gasteiger partial charge on any atom is 0.267 e. The Morgan fingerprint density at radius 2 is 2.20 bits per heavy atom. The number of aromatic amines is 1. The normalized spacial score (nSPS) is 10.9. The van der Waals surface area contributed by atoms with E-state index in [4.69, 9.17) is 17.0 Å². The number of nitrogens with zero attached hydrogens (tertiary/aromatic N) is 1. The Bertz CT molecular complexity index is 911. The van der Waals surface area contributed by atoms with Gasteiger partial charge in [-0.05, 0) is 51.7 Å². The molecule has 0 fully saturated rings. The number of benzene rings is 1. The molecule has 1 N–H and O–H groups in total. The second kappa shape index (κ2) is 5.16. The van der Waals surface area contributed by atoms with Crippen molar-refractivity contribution >= 4 is 49.7 Å². The molecule has 0 radical (unpaired) electrons. The number of thiophene rings is 1. The second-order valence-corrected chi connectivity index (χ2v) is 6.21. The molecular weight excluding hydrogens is 360 g/mol. The highest BCUT2D eigenvalue weighted by molar-refractivity contribution is 9.10. The van der Waals surface area contributed by atoms with Gasteiger partial charge in [0.1, 0.15) is 10.6 Å². The third-order valence-electron chi connectivity index (χ3n) is 2.92. The summed E-state index contributed by atoms with van der Waals surface area (Å²) in [6.45, 7) is 0. The first-order valence-electron chi connectivity index (χ1n) is 5.68. The highest BCUT2D eigenvalue weighted by Crippen LogP contribution is 2.27. The number of rotatable bonds is 2. The van der Waals surface area contributed by atoms with Crippen LogP contribution in [0.3, 0.4) is 0 Å². The minimum absolute atomic E-state index is 0.130. The average molecular weight is 369 g/mol. The third kappa shape index (κ3) is 2.11. The van der Waals surface area contributed by atoms with E-state index >= 15 is 0 Å². The quantitative estimate of drug-likeness (QED) is 0.698. The van der Waals surface area contributed by atoms with Crippen molar-refractivity contribution in [3.05, 3.63) is 49.2 Å². The molecule has 0 aliphatic heterocycles. The van der Waals surface area contributed by atoms with E-state index in [2.05, 4.69) is 20.9 Å². The fourth-order valence-corrected chi connectivity index (χ4v) is 3.50. The predicted molar refractivity (Wildman–Crippen MR) is 86.9 cm³/mol. The Morgan fingerprint density at radius 3 is 2.95 bits per heavy atom. The number of ether oxygens (including phenoxy) is 1. The molecule has 0 aliphatic carbocycles. The molecule has 4 nitrogen and oxygen atoms in total. The molecule has 3 rings (SSSR count). The SMILES string of the molecule is COc1cc(-n2c(=S)[nH]c3sccc3c2=O)ccc1Br. The van der Waals surface area contributed by atoms with E-state index in [0.29, 0.717) is 21.6 Å². The monoisotopic (exact) mass is 368 g/mol. The highest BCUT2D eigenvalue weighted by Gasteiger charge is 2.10. The van der Waals surface area contributed by atoms with Crippen molar-refractivity contribution < 1.29 is 4.74 Å². The first-order valence-corrected chi connectivity index (χ1v) is 7.76. The molecule has 0 aliphatic rings. The molecule has 2 aromatic heterocycles. The van der Waals surface area contributed by atoms with Crippen LogP contribution in [-0.2, 0) is 0 Å². The molecule has 0 spiro atoms. The van der Waals surface area contributed by atoms with E-state index in [-0.39, 0.29) is 5.56 Å². The van der Waals surface area contributed by atoms with Gasteiger partial charge in [0, 0.05) is 6.07 Å². The minimum atomic E-state index is -0.130. The first-order chi connectivity index (χ1) is 9.61. The molecule has 0 amide bonds. The second-order valence-electron chi connectivity index (χ2n) is 4.05. The fourth-order valence-electron chi connectivity index (χ4n) is 1.96. The van der Waals surface area contributed by atoms with Crippen molar-refractivity contribution in [2.45, 2.75) is 0 Å². The molecule has 7 heteroatoms. The minimum Gasteiger partial charge on any atom is -0.495 e. The Kier molecular flexibility index (Phi) is 3.49. The smallest absolute Gasteiger partial charge is 0.267 e. The van der Waals surface area contributed by atoms with Gasteiger partial charge in [-0.1, -0.05) is 0 Å². The summed E-state index contributed by atoms with van der Waals surface area (Å²) in [5.41, 5.74) is 0.541. The highest BCUT2D eigenvalue weighted by atomic mass is 79.9. The van der Waals surface area contributed by atoms with Crippen LogP contribution in [0, 0.1) is 4.77 Å². The topological polar surface area (TPSA) is 47.0 Å². The molecular formula is C13H9BrN2O2S2. The van der Waals surface area contributed by atoms with Gasteiger partial charge in [0.15, 0.2) is 4.77 Å². The zero-order valence-electron chi connectivity index (χ0n) is 10.3. The van der Waals surface area contributed by atoms with Crippen molar-refractivity contribution in [2.24, 2.45) is 0 Å². The lowest BCUT2D eigenvalue weighted by atomic mass is 10.3. The molecule has 2 heterocycles. The van der Waals surface area contributed by atoms with Gasteiger partial charge in [0.2, 0.25) is 0 Å². The standard InChI is InChI=1S/C13H9BrN2O2S2/c1-18-10-6-7(2-3-9(10)14)16-12(17)8-4-5-20-11(8)15-13(16)19/h2-6H,1H3,(H,15,19). The Balaban J connectivity index is 2.34. The molecule has 20 heavy (non-hydrogen) atoms. The van der Waals surface area contributed by atoms with Crippen molar-refractivity contribution in [3.8, 4) is 11.4 Å². The van der Waals surface area contributed by atoms with Crippen molar-refractivity contribution in [1.29, 1.82) is 0 Å². The number of fused-ring (bicyclic) bond motifs is 1. The molecule has 0 unspecified atom stereocenters. The van der Waals surface area contributed by atoms with Crippen LogP contribution in [0.25, 0.3) is 15.9 Å². The lowest BCUT2D eigenvalue weighted by Gasteiger charge is -2.09. The van der Waals surface area contributed by atoms with Gasteiger partial charge in [0.25, 0.3) is 5.56 Å². The number of hydrogen-bond donors (Lipinski definition) is 1. The summed E-state index contributed by atoms with van der Waals surface area (Å²) in [5, 5.41) is 2.50. The van der Waals surface area contributed by atoms with E-state index < -0.39 is 0 Å². The van der Waals surface area contributed by atoms with Crippen LogP contribution in [0.1, 0.15) is 0 Å². The van der Waals surface area contributed by atoms with E-state index in [1.54, 1.807) is 19.2 Å². The fraction of sp³-hybridized carbons (Fsp3) is 0.0769. The molecule has 0 saturated heterocycles. The van der Waals surface area contributed by atoms with Gasteiger partial charge in [-0.25, -0.2) is 0 Å². The van der Waals surface area contributed by atoms with E-state index in [0.717, 1.165) is 9.30 Å². The third-order valence-corrected chi connectivity index (χ3v) is 4.68. The summed E-state index contributed by atoms with van der Waals surface area (Å²) < 4.78 is 7.92. The van der Waals surface area contributed by atoms with Gasteiger partial charge in [-0.15, -0.1) is 11.3 Å². The van der Waals surface area contributed by atoms with Gasteiger partial charge in [-0.2, -0.15) is 0 Å². The molecule has 0 saturated carbocycles. The van der Waals surface area contributed by atoms with Crippen LogP contribution in [0.2, 0.25) is 0 Å². The van der Waals surface area contributed by atoms with Gasteiger partial charge in [-0.3, -0.25) is 9.36 Å². The van der Waals surface area contributed by atoms with Crippen LogP contribution in [0.4, 0.5) is 0 Å². The van der Waals surface area contributed by atoms with Gasteiger partial charge >= 0.3 is 0 Å². The Labute approximate surface area is 131 Å². The largest absolute Gasteiger partial charge is 0.495 e. The number of hydrogen-bond acceptors (Lipinski definition) is 4. The van der Waals surface area contributed by atoms with Crippen LogP contribution < -0.4 is 10.3 Å². The summed E-state index contributed by atoms with van der Waals surface area (Å²) in [5.74, 6) is 0.647. The van der Waals surface area contributed by atoms with Crippen LogP contribution in [0.5, 0.6) is 5.75 Å². The van der Waals surface area contributed by atoms with E-state index in [1.807, 2.05) is 17.5 Å². The van der Waals surface area contributed by atoms with E-state index in [9.17, 15) is 4.79 Å². The molecule has 0 atom stereocenters. The summed E-state index contributed by atoms with van der Waals surface area (Å²) in [6, 6.07) is 7.20. The van der Waals surface area contributed by atoms with Gasteiger partial charge < -0.3 is 9.72 Å². The predicted octanol–water partition coefficient (Wildman–Crippen LogP) is 3.88.